The van der Waals surface area contributed by atoms with Crippen LogP contribution < -0.4 is 0 Å². The Morgan fingerprint density at radius 1 is 1.22 bits per heavy atom. The molecule has 1 aliphatic carbocycles. The average molecular weight is 323 g/mol. The molecule has 0 bridgehead atoms. The number of rotatable bonds is 1. The van der Waals surface area contributed by atoms with Crippen LogP contribution in [0.3, 0.4) is 0 Å². The molecule has 2 atom stereocenters. The van der Waals surface area contributed by atoms with Crippen LogP contribution in [0.15, 0.2) is 28.7 Å². The lowest BCUT2D eigenvalue weighted by Gasteiger charge is -2.17. The highest BCUT2D eigenvalue weighted by molar-refractivity contribution is 9.10. The van der Waals surface area contributed by atoms with E-state index < -0.39 is 0 Å². The van der Waals surface area contributed by atoms with E-state index in [1.54, 1.807) is 11.3 Å². The predicted octanol–water partition coefficient (Wildman–Crippen LogP) is 4.18. The van der Waals surface area contributed by atoms with E-state index in [1.165, 1.54) is 30.9 Å². The van der Waals surface area contributed by atoms with E-state index in [2.05, 4.69) is 54.0 Å². The fourth-order valence-corrected chi connectivity index (χ4v) is 4.87. The average Bonchev–Trinajstić information content (AvgIpc) is 2.77. The Kier molecular flexibility index (Phi) is 3.08. The maximum atomic E-state index is 10.4. The van der Waals surface area contributed by atoms with Crippen molar-refractivity contribution in [1.29, 1.82) is 0 Å². The minimum atomic E-state index is -0.300. The predicted molar refractivity (Wildman–Crippen MR) is 79.5 cm³/mol. The lowest BCUT2D eigenvalue weighted by Crippen LogP contribution is -2.15. The Bertz CT molecular complexity index is 603. The van der Waals surface area contributed by atoms with Crippen molar-refractivity contribution in [2.24, 2.45) is 0 Å². The van der Waals surface area contributed by atoms with E-state index in [0.717, 1.165) is 6.42 Å². The Morgan fingerprint density at radius 3 is 2.61 bits per heavy atom. The smallest absolute Gasteiger partial charge is 0.0690 e. The molecule has 1 aromatic carbocycles. The summed E-state index contributed by atoms with van der Waals surface area (Å²) in [5.74, 6) is 0.125. The SMILES string of the molecule is Cc1sc(C)c([C@H]2c3ccccc3C[C@@H]2O)c1Br. The summed E-state index contributed by atoms with van der Waals surface area (Å²) < 4.78 is 1.17. The molecule has 0 unspecified atom stereocenters. The van der Waals surface area contributed by atoms with Gasteiger partial charge in [0.1, 0.15) is 0 Å². The van der Waals surface area contributed by atoms with Gasteiger partial charge in [-0.25, -0.2) is 0 Å². The van der Waals surface area contributed by atoms with Gasteiger partial charge in [0.15, 0.2) is 0 Å². The van der Waals surface area contributed by atoms with E-state index in [0.29, 0.717) is 0 Å². The fraction of sp³-hybridized carbons (Fsp3) is 0.333. The summed E-state index contributed by atoms with van der Waals surface area (Å²) in [4.78, 5) is 2.60. The van der Waals surface area contributed by atoms with Gasteiger partial charge in [0.05, 0.1) is 6.10 Å². The first kappa shape index (κ1) is 12.4. The number of hydrogen-bond acceptors (Lipinski definition) is 2. The molecule has 0 fully saturated rings. The summed E-state index contributed by atoms with van der Waals surface area (Å²) in [6.45, 7) is 4.27. The third-order valence-corrected chi connectivity index (χ3v) is 6.07. The first-order valence-electron chi connectivity index (χ1n) is 6.11. The number of halogens is 1. The van der Waals surface area contributed by atoms with Gasteiger partial charge >= 0.3 is 0 Å². The lowest BCUT2D eigenvalue weighted by atomic mass is 9.92. The third-order valence-electron chi connectivity index (χ3n) is 3.75. The molecule has 94 valence electrons. The summed E-state index contributed by atoms with van der Waals surface area (Å²) in [6, 6.07) is 8.39. The van der Waals surface area contributed by atoms with Gasteiger partial charge in [0.25, 0.3) is 0 Å². The molecule has 1 heterocycles. The van der Waals surface area contributed by atoms with Crippen molar-refractivity contribution in [2.45, 2.75) is 32.3 Å². The molecule has 1 aromatic heterocycles. The molecular weight excluding hydrogens is 308 g/mol. The molecule has 0 saturated heterocycles. The number of aliphatic hydroxyl groups excluding tert-OH is 1. The van der Waals surface area contributed by atoms with Crippen molar-refractivity contribution in [2.75, 3.05) is 0 Å². The van der Waals surface area contributed by atoms with Crippen molar-refractivity contribution >= 4 is 27.3 Å². The highest BCUT2D eigenvalue weighted by Gasteiger charge is 2.35. The van der Waals surface area contributed by atoms with Gasteiger partial charge in [0.2, 0.25) is 0 Å². The summed E-state index contributed by atoms with van der Waals surface area (Å²) in [7, 11) is 0. The first-order chi connectivity index (χ1) is 8.59. The molecule has 1 aliphatic rings. The van der Waals surface area contributed by atoms with Gasteiger partial charge in [-0.1, -0.05) is 24.3 Å². The number of thiophene rings is 1. The summed E-state index contributed by atoms with van der Waals surface area (Å²) in [5.41, 5.74) is 3.84. The first-order valence-corrected chi connectivity index (χ1v) is 7.71. The lowest BCUT2D eigenvalue weighted by molar-refractivity contribution is 0.169. The topological polar surface area (TPSA) is 20.2 Å². The quantitative estimate of drug-likeness (QED) is 0.835. The zero-order chi connectivity index (χ0) is 12.9. The van der Waals surface area contributed by atoms with Crippen molar-refractivity contribution in [3.63, 3.8) is 0 Å². The normalized spacial score (nSPS) is 22.2. The Hall–Kier alpha value is -0.640. The van der Waals surface area contributed by atoms with E-state index in [-0.39, 0.29) is 12.0 Å². The van der Waals surface area contributed by atoms with Gasteiger partial charge < -0.3 is 5.11 Å². The molecule has 3 rings (SSSR count). The largest absolute Gasteiger partial charge is 0.392 e. The summed E-state index contributed by atoms with van der Waals surface area (Å²) >= 11 is 5.49. The van der Waals surface area contributed by atoms with Crippen LogP contribution in [0.4, 0.5) is 0 Å². The van der Waals surface area contributed by atoms with Crippen LogP contribution in [0, 0.1) is 13.8 Å². The van der Waals surface area contributed by atoms with Crippen LogP contribution in [0.25, 0.3) is 0 Å². The second-order valence-corrected chi connectivity index (χ2v) is 7.11. The Labute approximate surface area is 120 Å². The molecule has 0 spiro atoms. The van der Waals surface area contributed by atoms with Crippen molar-refractivity contribution in [3.05, 3.63) is 55.2 Å². The number of fused-ring (bicyclic) bond motifs is 1. The van der Waals surface area contributed by atoms with Crippen molar-refractivity contribution in [3.8, 4) is 0 Å². The maximum absolute atomic E-state index is 10.4. The van der Waals surface area contributed by atoms with E-state index >= 15 is 0 Å². The van der Waals surface area contributed by atoms with Crippen LogP contribution in [-0.2, 0) is 6.42 Å². The van der Waals surface area contributed by atoms with Crippen LogP contribution in [-0.4, -0.2) is 11.2 Å². The van der Waals surface area contributed by atoms with Gasteiger partial charge in [-0.15, -0.1) is 11.3 Å². The maximum Gasteiger partial charge on any atom is 0.0690 e. The number of aryl methyl sites for hydroxylation is 2. The molecule has 3 heteroatoms. The third kappa shape index (κ3) is 1.77. The second kappa shape index (κ2) is 4.48. The van der Waals surface area contributed by atoms with Crippen molar-refractivity contribution in [1.82, 2.24) is 0 Å². The highest BCUT2D eigenvalue weighted by Crippen LogP contribution is 2.45. The minimum Gasteiger partial charge on any atom is -0.392 e. The molecular formula is C15H15BrOS. The molecule has 2 aromatic rings. The molecule has 18 heavy (non-hydrogen) atoms. The molecule has 1 nitrogen and oxygen atoms in total. The van der Waals surface area contributed by atoms with Gasteiger partial charge in [0, 0.05) is 20.1 Å². The monoisotopic (exact) mass is 322 g/mol. The molecule has 0 saturated carbocycles. The van der Waals surface area contributed by atoms with E-state index in [1.807, 2.05) is 0 Å². The molecule has 0 aliphatic heterocycles. The van der Waals surface area contributed by atoms with Crippen LogP contribution in [0.1, 0.15) is 32.4 Å². The van der Waals surface area contributed by atoms with Crippen molar-refractivity contribution < 1.29 is 5.11 Å². The fourth-order valence-electron chi connectivity index (χ4n) is 2.95. The summed E-state index contributed by atoms with van der Waals surface area (Å²) in [6.07, 6.45) is 0.466. The zero-order valence-electron chi connectivity index (χ0n) is 10.4. The van der Waals surface area contributed by atoms with Gasteiger partial charge in [-0.2, -0.15) is 0 Å². The Balaban J connectivity index is 2.18. The molecule has 0 amide bonds. The molecule has 1 N–H and O–H groups in total. The summed E-state index contributed by atoms with van der Waals surface area (Å²) in [5, 5.41) is 10.4. The van der Waals surface area contributed by atoms with E-state index in [9.17, 15) is 5.11 Å². The van der Waals surface area contributed by atoms with Gasteiger partial charge in [-0.05, 0) is 52.9 Å². The van der Waals surface area contributed by atoms with Crippen LogP contribution in [0.2, 0.25) is 0 Å². The molecule has 0 radical (unpaired) electrons. The Morgan fingerprint density at radius 2 is 1.94 bits per heavy atom. The standard InChI is InChI=1S/C15H15BrOS/c1-8-13(15(16)9(2)18-8)14-11-6-4-3-5-10(11)7-12(14)17/h3-6,12,14,17H,7H2,1-2H3/t12-,14-/m0/s1. The van der Waals surface area contributed by atoms with E-state index in [4.69, 9.17) is 0 Å². The second-order valence-electron chi connectivity index (χ2n) is 4.89. The minimum absolute atomic E-state index is 0.125. The van der Waals surface area contributed by atoms with Crippen LogP contribution in [0.5, 0.6) is 0 Å². The zero-order valence-corrected chi connectivity index (χ0v) is 12.8. The number of benzene rings is 1. The van der Waals surface area contributed by atoms with Gasteiger partial charge in [-0.3, -0.25) is 0 Å². The van der Waals surface area contributed by atoms with Crippen LogP contribution >= 0.6 is 27.3 Å². The number of aliphatic hydroxyl groups is 1. The number of hydrogen-bond donors (Lipinski definition) is 1. The highest BCUT2D eigenvalue weighted by atomic mass is 79.9.